The van der Waals surface area contributed by atoms with Crippen molar-refractivity contribution in [1.29, 1.82) is 0 Å². The Morgan fingerprint density at radius 2 is 2.00 bits per heavy atom. The van der Waals surface area contributed by atoms with Crippen molar-refractivity contribution in [2.75, 3.05) is 0 Å². The number of benzene rings is 1. The molecular formula is C11H8N2O4. The summed E-state index contributed by atoms with van der Waals surface area (Å²) < 4.78 is 0. The molecule has 0 aromatic heterocycles. The average molecular weight is 232 g/mol. The van der Waals surface area contributed by atoms with E-state index in [1.54, 1.807) is 0 Å². The Morgan fingerprint density at radius 3 is 2.59 bits per heavy atom. The van der Waals surface area contributed by atoms with Gasteiger partial charge < -0.3 is 0 Å². The first kappa shape index (κ1) is 9.95. The third-order valence-electron chi connectivity index (χ3n) is 3.39. The van der Waals surface area contributed by atoms with Gasteiger partial charge in [0.05, 0.1) is 15.9 Å². The van der Waals surface area contributed by atoms with Crippen molar-refractivity contribution in [3.8, 4) is 0 Å². The molecule has 3 rings (SSSR count). The molecule has 0 atom stereocenters. The number of amides is 2. The first-order valence-corrected chi connectivity index (χ1v) is 5.19. The number of nitro groups is 1. The Balaban J connectivity index is 2.20. The summed E-state index contributed by atoms with van der Waals surface area (Å²) in [6, 6.07) is 4.10. The number of nitrogens with zero attached hydrogens (tertiary/aromatic N) is 1. The Hall–Kier alpha value is -2.24. The Bertz CT molecular complexity index is 575. The molecule has 6 nitrogen and oxygen atoms in total. The second-order valence-electron chi connectivity index (χ2n) is 4.35. The standard InChI is InChI=1S/C11H8N2O4/c14-9-7-5-6(13(16)17)1-2-8(7)11(3-4-11)10(15)12-9/h1-2,5H,3-4H2,(H,12,14,15). The number of non-ortho nitro benzene ring substituents is 1. The fraction of sp³-hybridized carbons (Fsp3) is 0.273. The molecule has 1 aliphatic carbocycles. The lowest BCUT2D eigenvalue weighted by Crippen LogP contribution is -2.44. The molecule has 86 valence electrons. The van der Waals surface area contributed by atoms with Crippen LogP contribution in [0.5, 0.6) is 0 Å². The summed E-state index contributed by atoms with van der Waals surface area (Å²) in [5, 5.41) is 12.9. The molecule has 1 fully saturated rings. The van der Waals surface area contributed by atoms with Gasteiger partial charge in [-0.3, -0.25) is 25.0 Å². The van der Waals surface area contributed by atoms with Crippen molar-refractivity contribution >= 4 is 17.5 Å². The van der Waals surface area contributed by atoms with E-state index < -0.39 is 16.2 Å². The number of carbonyl (C=O) groups is 2. The van der Waals surface area contributed by atoms with Crippen molar-refractivity contribution in [3.05, 3.63) is 39.4 Å². The van der Waals surface area contributed by atoms with E-state index in [1.165, 1.54) is 18.2 Å². The van der Waals surface area contributed by atoms with E-state index >= 15 is 0 Å². The molecule has 1 heterocycles. The van der Waals surface area contributed by atoms with Gasteiger partial charge in [0.25, 0.3) is 11.6 Å². The van der Waals surface area contributed by atoms with E-state index in [0.29, 0.717) is 18.4 Å². The van der Waals surface area contributed by atoms with E-state index in [4.69, 9.17) is 0 Å². The summed E-state index contributed by atoms with van der Waals surface area (Å²) in [6.07, 6.45) is 1.38. The van der Waals surface area contributed by atoms with E-state index in [-0.39, 0.29) is 17.2 Å². The zero-order valence-electron chi connectivity index (χ0n) is 8.73. The number of nitro benzene ring substituents is 1. The molecule has 17 heavy (non-hydrogen) atoms. The average Bonchev–Trinajstić information content (AvgIpc) is 3.07. The fourth-order valence-corrected chi connectivity index (χ4v) is 2.28. The molecular weight excluding hydrogens is 224 g/mol. The third kappa shape index (κ3) is 1.20. The van der Waals surface area contributed by atoms with E-state index in [9.17, 15) is 19.7 Å². The van der Waals surface area contributed by atoms with Crippen molar-refractivity contribution < 1.29 is 14.5 Å². The lowest BCUT2D eigenvalue weighted by Gasteiger charge is -2.23. The van der Waals surface area contributed by atoms with Crippen LogP contribution in [0.1, 0.15) is 28.8 Å². The van der Waals surface area contributed by atoms with Crippen LogP contribution < -0.4 is 5.32 Å². The van der Waals surface area contributed by atoms with Gasteiger partial charge in [-0.15, -0.1) is 0 Å². The number of hydrogen-bond acceptors (Lipinski definition) is 4. The van der Waals surface area contributed by atoms with Crippen LogP contribution >= 0.6 is 0 Å². The monoisotopic (exact) mass is 232 g/mol. The van der Waals surface area contributed by atoms with Gasteiger partial charge in [-0.05, 0) is 18.4 Å². The molecule has 6 heteroatoms. The largest absolute Gasteiger partial charge is 0.292 e. The van der Waals surface area contributed by atoms with Crippen LogP contribution in [0.2, 0.25) is 0 Å². The van der Waals surface area contributed by atoms with Gasteiger partial charge >= 0.3 is 0 Å². The minimum Gasteiger partial charge on any atom is -0.292 e. The minimum atomic E-state index is -0.613. The van der Waals surface area contributed by atoms with Crippen LogP contribution in [-0.2, 0) is 10.2 Å². The molecule has 0 radical (unpaired) electrons. The summed E-state index contributed by atoms with van der Waals surface area (Å²) in [6.45, 7) is 0. The van der Waals surface area contributed by atoms with Crippen molar-refractivity contribution in [1.82, 2.24) is 5.32 Å². The molecule has 1 aromatic rings. The van der Waals surface area contributed by atoms with Crippen LogP contribution in [-0.4, -0.2) is 16.7 Å². The normalized spacial score (nSPS) is 19.8. The van der Waals surface area contributed by atoms with Gasteiger partial charge in [0, 0.05) is 12.1 Å². The van der Waals surface area contributed by atoms with Crippen LogP contribution in [0.25, 0.3) is 0 Å². The topological polar surface area (TPSA) is 89.3 Å². The summed E-state index contributed by atoms with van der Waals surface area (Å²) in [4.78, 5) is 33.4. The van der Waals surface area contributed by atoms with Gasteiger partial charge in [0.2, 0.25) is 5.91 Å². The first-order valence-electron chi connectivity index (χ1n) is 5.19. The third-order valence-corrected chi connectivity index (χ3v) is 3.39. The van der Waals surface area contributed by atoms with E-state index in [0.717, 1.165) is 0 Å². The Morgan fingerprint density at radius 1 is 1.29 bits per heavy atom. The van der Waals surface area contributed by atoms with Crippen LogP contribution in [0.15, 0.2) is 18.2 Å². The van der Waals surface area contributed by atoms with Crippen LogP contribution in [0.4, 0.5) is 5.69 Å². The Labute approximate surface area is 95.8 Å². The maximum Gasteiger partial charge on any atom is 0.270 e. The molecule has 2 aliphatic rings. The van der Waals surface area contributed by atoms with Crippen LogP contribution in [0, 0.1) is 10.1 Å². The maximum atomic E-state index is 11.7. The summed E-state index contributed by atoms with van der Waals surface area (Å²) in [5.74, 6) is -0.838. The van der Waals surface area contributed by atoms with Gasteiger partial charge in [0.1, 0.15) is 0 Å². The minimum absolute atomic E-state index is 0.135. The number of carbonyl (C=O) groups excluding carboxylic acids is 2. The summed E-state index contributed by atoms with van der Waals surface area (Å²) in [7, 11) is 0. The second-order valence-corrected chi connectivity index (χ2v) is 4.35. The van der Waals surface area contributed by atoms with Gasteiger partial charge in [-0.1, -0.05) is 6.07 Å². The zero-order valence-corrected chi connectivity index (χ0v) is 8.73. The molecule has 1 N–H and O–H groups in total. The highest BCUT2D eigenvalue weighted by Crippen LogP contribution is 2.51. The maximum absolute atomic E-state index is 11.7. The highest BCUT2D eigenvalue weighted by Gasteiger charge is 2.55. The molecule has 0 bridgehead atoms. The van der Waals surface area contributed by atoms with E-state index in [2.05, 4.69) is 5.32 Å². The van der Waals surface area contributed by atoms with Crippen molar-refractivity contribution in [2.24, 2.45) is 0 Å². The predicted molar refractivity (Wildman–Crippen MR) is 56.5 cm³/mol. The van der Waals surface area contributed by atoms with E-state index in [1.807, 2.05) is 0 Å². The summed E-state index contributed by atoms with van der Waals surface area (Å²) >= 11 is 0. The van der Waals surface area contributed by atoms with Gasteiger partial charge in [-0.2, -0.15) is 0 Å². The molecule has 1 aromatic carbocycles. The number of fused-ring (bicyclic) bond motifs is 2. The molecule has 2 amide bonds. The quantitative estimate of drug-likeness (QED) is 0.442. The summed E-state index contributed by atoms with van der Waals surface area (Å²) in [5.41, 5.74) is 0.121. The van der Waals surface area contributed by atoms with Crippen LogP contribution in [0.3, 0.4) is 0 Å². The number of hydrogen-bond donors (Lipinski definition) is 1. The highest BCUT2D eigenvalue weighted by atomic mass is 16.6. The molecule has 1 spiro atoms. The number of rotatable bonds is 1. The molecule has 0 saturated heterocycles. The fourth-order valence-electron chi connectivity index (χ4n) is 2.28. The number of nitrogens with one attached hydrogen (secondary N) is 1. The number of imide groups is 1. The van der Waals surface area contributed by atoms with Crippen molar-refractivity contribution in [2.45, 2.75) is 18.3 Å². The van der Waals surface area contributed by atoms with Crippen molar-refractivity contribution in [3.63, 3.8) is 0 Å². The smallest absolute Gasteiger partial charge is 0.270 e. The van der Waals surface area contributed by atoms with Gasteiger partial charge in [0.15, 0.2) is 0 Å². The molecule has 0 unspecified atom stereocenters. The second kappa shape index (κ2) is 2.91. The SMILES string of the molecule is O=C1NC(=O)C2(CC2)c2ccc([N+](=O)[O-])cc21. The lowest BCUT2D eigenvalue weighted by molar-refractivity contribution is -0.384. The molecule has 1 aliphatic heterocycles. The lowest BCUT2D eigenvalue weighted by atomic mass is 9.86. The predicted octanol–water partition coefficient (Wildman–Crippen LogP) is 0.896. The first-order chi connectivity index (χ1) is 8.04. The molecule has 1 saturated carbocycles. The Kier molecular flexibility index (Phi) is 1.70. The highest BCUT2D eigenvalue weighted by molar-refractivity contribution is 6.14. The zero-order chi connectivity index (χ0) is 12.2. The van der Waals surface area contributed by atoms with Gasteiger partial charge in [-0.25, -0.2) is 0 Å².